The maximum atomic E-state index is 5.08. The maximum Gasteiger partial charge on any atom is 0.183 e. The highest BCUT2D eigenvalue weighted by atomic mass is 15.6. The Hall–Kier alpha value is -1.30. The fourth-order valence-electron chi connectivity index (χ4n) is 0.700. The van der Waals surface area contributed by atoms with Crippen molar-refractivity contribution in [1.29, 1.82) is 0 Å². The van der Waals surface area contributed by atoms with E-state index in [0.717, 1.165) is 0 Å². The Balaban J connectivity index is 2.68. The van der Waals surface area contributed by atoms with Gasteiger partial charge in [-0.3, -0.25) is 5.43 Å². The molecule has 6 heteroatoms. The van der Waals surface area contributed by atoms with E-state index in [-0.39, 0.29) is 5.66 Å². The largest absolute Gasteiger partial charge is 0.323 e. The summed E-state index contributed by atoms with van der Waals surface area (Å²) < 4.78 is 0. The quantitative estimate of drug-likeness (QED) is 0.232. The van der Waals surface area contributed by atoms with Crippen LogP contribution in [0.1, 0.15) is 20.8 Å². The zero-order chi connectivity index (χ0) is 9.19. The summed E-state index contributed by atoms with van der Waals surface area (Å²) in [5.74, 6) is 5.69. The summed E-state index contributed by atoms with van der Waals surface area (Å²) in [4.78, 5) is 0. The minimum absolute atomic E-state index is 0.252. The summed E-state index contributed by atoms with van der Waals surface area (Å²) in [7, 11) is 0. The van der Waals surface area contributed by atoms with Crippen LogP contribution in [0.5, 0.6) is 0 Å². The van der Waals surface area contributed by atoms with Crippen molar-refractivity contribution in [1.82, 2.24) is 16.3 Å². The highest BCUT2D eigenvalue weighted by Gasteiger charge is 2.21. The molecule has 6 nitrogen and oxygen atoms in total. The lowest BCUT2D eigenvalue weighted by atomic mass is 10.3. The second-order valence-corrected chi connectivity index (χ2v) is 3.16. The smallest absolute Gasteiger partial charge is 0.183 e. The average molecular weight is 170 g/mol. The first-order valence-corrected chi connectivity index (χ1v) is 3.68. The lowest BCUT2D eigenvalue weighted by molar-refractivity contribution is 0.284. The van der Waals surface area contributed by atoms with Gasteiger partial charge in [0.15, 0.2) is 5.84 Å². The molecule has 0 radical (unpaired) electrons. The minimum atomic E-state index is -0.252. The van der Waals surface area contributed by atoms with Crippen molar-refractivity contribution in [2.45, 2.75) is 26.4 Å². The van der Waals surface area contributed by atoms with Gasteiger partial charge in [-0.1, -0.05) is 0 Å². The van der Waals surface area contributed by atoms with Crippen molar-refractivity contribution in [3.05, 3.63) is 0 Å². The summed E-state index contributed by atoms with van der Waals surface area (Å²) in [5, 5.41) is 7.54. The van der Waals surface area contributed by atoms with Gasteiger partial charge in [0.05, 0.1) is 0 Å². The normalized spacial score (nSPS) is 22.2. The van der Waals surface area contributed by atoms with Crippen LogP contribution >= 0.6 is 0 Å². The van der Waals surface area contributed by atoms with Gasteiger partial charge >= 0.3 is 0 Å². The summed E-state index contributed by atoms with van der Waals surface area (Å²) >= 11 is 0. The second-order valence-electron chi connectivity index (χ2n) is 3.16. The molecule has 0 aromatic carbocycles. The van der Waals surface area contributed by atoms with Crippen LogP contribution in [0.3, 0.4) is 0 Å². The number of nitrogens with two attached hydrogens (primary N) is 1. The molecule has 0 fully saturated rings. The van der Waals surface area contributed by atoms with E-state index < -0.39 is 0 Å². The molecule has 1 rings (SSSR count). The highest BCUT2D eigenvalue weighted by molar-refractivity contribution is 6.40. The molecule has 1 heterocycles. The van der Waals surface area contributed by atoms with Crippen molar-refractivity contribution in [3.63, 3.8) is 0 Å². The predicted octanol–water partition coefficient (Wildman–Crippen LogP) is -0.932. The van der Waals surface area contributed by atoms with Gasteiger partial charge in [0.25, 0.3) is 0 Å². The fraction of sp³-hybridized carbons (Fsp3) is 0.667. The highest BCUT2D eigenvalue weighted by Crippen LogP contribution is 1.97. The Bertz CT molecular complexity index is 228. The number of hydrazine groups is 1. The molecule has 0 saturated heterocycles. The molecule has 0 spiro atoms. The van der Waals surface area contributed by atoms with Crippen molar-refractivity contribution >= 4 is 11.5 Å². The molecule has 68 valence electrons. The standard InChI is InChI=1S/C6H14N6/c1-4(8-7)5-9-11-6(2,3)12-10-5/h11-12H,7H2,1-3H3,(H,9,10). The lowest BCUT2D eigenvalue weighted by Crippen LogP contribution is -2.62. The fourth-order valence-corrected chi connectivity index (χ4v) is 0.700. The summed E-state index contributed by atoms with van der Waals surface area (Å²) in [6.07, 6.45) is 0. The molecule has 0 bridgehead atoms. The zero-order valence-electron chi connectivity index (χ0n) is 7.47. The van der Waals surface area contributed by atoms with Gasteiger partial charge in [-0.05, 0) is 20.8 Å². The Morgan fingerprint density at radius 1 is 1.58 bits per heavy atom. The molecular formula is C6H14N6. The topological polar surface area (TPSA) is 86.8 Å². The number of amidine groups is 1. The van der Waals surface area contributed by atoms with E-state index in [0.29, 0.717) is 11.5 Å². The van der Waals surface area contributed by atoms with Gasteiger partial charge < -0.3 is 11.3 Å². The van der Waals surface area contributed by atoms with Crippen LogP contribution in [-0.2, 0) is 0 Å². The number of hydrazone groups is 2. The summed E-state index contributed by atoms with van der Waals surface area (Å²) in [6.45, 7) is 5.68. The molecule has 12 heavy (non-hydrogen) atoms. The van der Waals surface area contributed by atoms with Crippen molar-refractivity contribution in [3.8, 4) is 0 Å². The van der Waals surface area contributed by atoms with Gasteiger partial charge in [0.1, 0.15) is 11.4 Å². The van der Waals surface area contributed by atoms with Crippen molar-refractivity contribution in [2.75, 3.05) is 0 Å². The molecule has 5 N–H and O–H groups in total. The number of rotatable bonds is 1. The molecule has 0 unspecified atom stereocenters. The van der Waals surface area contributed by atoms with E-state index in [1.807, 2.05) is 13.8 Å². The first-order valence-electron chi connectivity index (χ1n) is 3.68. The van der Waals surface area contributed by atoms with Gasteiger partial charge in [0, 0.05) is 0 Å². The van der Waals surface area contributed by atoms with E-state index >= 15 is 0 Å². The predicted molar refractivity (Wildman–Crippen MR) is 48.2 cm³/mol. The minimum Gasteiger partial charge on any atom is -0.323 e. The molecule has 1 aliphatic rings. The zero-order valence-corrected chi connectivity index (χ0v) is 7.47. The van der Waals surface area contributed by atoms with Crippen LogP contribution < -0.4 is 22.1 Å². The Morgan fingerprint density at radius 2 is 2.25 bits per heavy atom. The summed E-state index contributed by atoms with van der Waals surface area (Å²) in [6, 6.07) is 0. The summed E-state index contributed by atoms with van der Waals surface area (Å²) in [5.41, 5.74) is 9.18. The third-order valence-corrected chi connectivity index (χ3v) is 1.48. The van der Waals surface area contributed by atoms with E-state index in [9.17, 15) is 0 Å². The molecule has 0 aliphatic carbocycles. The molecule has 0 amide bonds. The van der Waals surface area contributed by atoms with Crippen LogP contribution in [0.15, 0.2) is 10.2 Å². The molecular weight excluding hydrogens is 156 g/mol. The van der Waals surface area contributed by atoms with E-state index in [4.69, 9.17) is 5.84 Å². The maximum absolute atomic E-state index is 5.08. The Labute approximate surface area is 71.2 Å². The number of nitrogens with zero attached hydrogens (tertiary/aromatic N) is 2. The molecule has 0 aromatic heterocycles. The lowest BCUT2D eigenvalue weighted by Gasteiger charge is -2.31. The first-order chi connectivity index (χ1) is 5.55. The number of hydrogen-bond donors (Lipinski definition) is 4. The second kappa shape index (κ2) is 2.98. The SMILES string of the molecule is CC(=NN)C1=NNC(C)(C)NN1. The van der Waals surface area contributed by atoms with E-state index in [2.05, 4.69) is 26.5 Å². The Kier molecular flexibility index (Phi) is 2.18. The van der Waals surface area contributed by atoms with Crippen LogP contribution in [0.4, 0.5) is 0 Å². The van der Waals surface area contributed by atoms with Crippen LogP contribution in [-0.4, -0.2) is 17.2 Å². The molecule has 0 saturated carbocycles. The molecule has 0 aromatic rings. The van der Waals surface area contributed by atoms with Gasteiger partial charge in [0.2, 0.25) is 0 Å². The molecule has 0 atom stereocenters. The van der Waals surface area contributed by atoms with Gasteiger partial charge in [-0.15, -0.1) is 0 Å². The van der Waals surface area contributed by atoms with E-state index in [1.54, 1.807) is 6.92 Å². The average Bonchev–Trinajstić information content (AvgIpc) is 2.03. The third kappa shape index (κ3) is 1.85. The molecule has 1 aliphatic heterocycles. The number of hydrogen-bond acceptors (Lipinski definition) is 6. The van der Waals surface area contributed by atoms with Crippen molar-refractivity contribution in [2.24, 2.45) is 16.0 Å². The van der Waals surface area contributed by atoms with E-state index in [1.165, 1.54) is 0 Å². The third-order valence-electron chi connectivity index (χ3n) is 1.48. The van der Waals surface area contributed by atoms with Gasteiger partial charge in [-0.25, -0.2) is 5.43 Å². The van der Waals surface area contributed by atoms with Crippen molar-refractivity contribution < 1.29 is 0 Å². The van der Waals surface area contributed by atoms with Crippen LogP contribution in [0, 0.1) is 0 Å². The van der Waals surface area contributed by atoms with Crippen LogP contribution in [0.2, 0.25) is 0 Å². The monoisotopic (exact) mass is 170 g/mol. The van der Waals surface area contributed by atoms with Gasteiger partial charge in [-0.2, -0.15) is 10.2 Å². The Morgan fingerprint density at radius 3 is 2.67 bits per heavy atom. The first kappa shape index (κ1) is 8.79. The van der Waals surface area contributed by atoms with Crippen LogP contribution in [0.25, 0.3) is 0 Å². The number of nitrogens with one attached hydrogen (secondary N) is 3.